The van der Waals surface area contributed by atoms with Gasteiger partial charge in [-0.3, -0.25) is 9.69 Å². The lowest BCUT2D eigenvalue weighted by Gasteiger charge is -2.30. The number of halogens is 1. The second-order valence-corrected chi connectivity index (χ2v) is 6.98. The van der Waals surface area contributed by atoms with E-state index < -0.39 is 0 Å². The summed E-state index contributed by atoms with van der Waals surface area (Å²) in [5, 5.41) is 8.08. The lowest BCUT2D eigenvalue weighted by atomic mass is 9.98. The third-order valence-corrected chi connectivity index (χ3v) is 5.01. The average molecular weight is 383 g/mol. The quantitative estimate of drug-likeness (QED) is 0.699. The third kappa shape index (κ3) is 3.64. The zero-order chi connectivity index (χ0) is 18.8. The van der Waals surface area contributed by atoms with Crippen molar-refractivity contribution in [1.29, 1.82) is 0 Å². The Morgan fingerprint density at radius 3 is 2.78 bits per heavy atom. The molecular formula is C20H19ClN4O2. The largest absolute Gasteiger partial charge is 0.334 e. The van der Waals surface area contributed by atoms with Gasteiger partial charge >= 0.3 is 0 Å². The first-order valence-corrected chi connectivity index (χ1v) is 9.15. The first-order valence-electron chi connectivity index (χ1n) is 8.78. The van der Waals surface area contributed by atoms with E-state index >= 15 is 0 Å². The van der Waals surface area contributed by atoms with Crippen molar-refractivity contribution in [3.05, 3.63) is 70.5 Å². The number of likely N-dealkylation sites (N-methyl/N-ethyl adjacent to an activating group) is 1. The van der Waals surface area contributed by atoms with E-state index in [2.05, 4.69) is 20.4 Å². The molecule has 0 amide bonds. The molecule has 2 heterocycles. The fraction of sp³-hybridized carbons (Fsp3) is 0.250. The number of hydrogen-bond acceptors (Lipinski definition) is 6. The van der Waals surface area contributed by atoms with Crippen LogP contribution in [0, 0.1) is 0 Å². The highest BCUT2D eigenvalue weighted by Crippen LogP contribution is 2.27. The number of carbonyl (C=O) groups excluding carboxylic acids is 1. The Morgan fingerprint density at radius 2 is 2.00 bits per heavy atom. The number of nitrogens with one attached hydrogen (secondary N) is 1. The summed E-state index contributed by atoms with van der Waals surface area (Å²) in [6.07, 6.45) is 0. The minimum absolute atomic E-state index is 0.0513. The molecule has 0 saturated carbocycles. The van der Waals surface area contributed by atoms with Gasteiger partial charge in [-0.2, -0.15) is 4.98 Å². The van der Waals surface area contributed by atoms with Crippen molar-refractivity contribution >= 4 is 17.4 Å². The smallest absolute Gasteiger partial charge is 0.258 e. The van der Waals surface area contributed by atoms with Gasteiger partial charge in [0.1, 0.15) is 0 Å². The summed E-state index contributed by atoms with van der Waals surface area (Å²) in [5.41, 5.74) is 1.70. The zero-order valence-electron chi connectivity index (χ0n) is 14.9. The number of benzene rings is 2. The summed E-state index contributed by atoms with van der Waals surface area (Å²) >= 11 is 5.92. The molecule has 1 aromatic heterocycles. The van der Waals surface area contributed by atoms with Gasteiger partial charge in [-0.1, -0.05) is 35.0 Å². The van der Waals surface area contributed by atoms with Gasteiger partial charge in [0, 0.05) is 35.8 Å². The van der Waals surface area contributed by atoms with Gasteiger partial charge in [-0.15, -0.1) is 0 Å². The molecule has 0 radical (unpaired) electrons. The Balaban J connectivity index is 1.67. The zero-order valence-corrected chi connectivity index (χ0v) is 15.6. The van der Waals surface area contributed by atoms with E-state index in [1.54, 1.807) is 30.3 Å². The number of carbonyl (C=O) groups is 1. The van der Waals surface area contributed by atoms with Crippen LogP contribution >= 0.6 is 11.6 Å². The first kappa shape index (κ1) is 17.9. The Kier molecular flexibility index (Phi) is 5.03. The van der Waals surface area contributed by atoms with Crippen LogP contribution in [0.25, 0.3) is 11.5 Å². The molecule has 1 aliphatic rings. The van der Waals surface area contributed by atoms with E-state index in [0.717, 1.165) is 19.6 Å². The SMILES string of the molecule is CN1CCNCC1c1noc(-c2ccccc2C(=O)c2ccc(Cl)cc2)n1. The summed E-state index contributed by atoms with van der Waals surface area (Å²) in [5.74, 6) is 0.855. The van der Waals surface area contributed by atoms with Crippen LogP contribution < -0.4 is 5.32 Å². The Hall–Kier alpha value is -2.54. The highest BCUT2D eigenvalue weighted by atomic mass is 35.5. The van der Waals surface area contributed by atoms with E-state index in [0.29, 0.717) is 33.4 Å². The predicted octanol–water partition coefficient (Wildman–Crippen LogP) is 3.20. The molecule has 3 aromatic rings. The molecule has 1 unspecified atom stereocenters. The fourth-order valence-electron chi connectivity index (χ4n) is 3.20. The Morgan fingerprint density at radius 1 is 1.22 bits per heavy atom. The molecule has 27 heavy (non-hydrogen) atoms. The standard InChI is InChI=1S/C20H19ClN4O2/c1-25-11-10-22-12-17(25)19-23-20(27-24-19)16-5-3-2-4-15(16)18(26)13-6-8-14(21)9-7-13/h2-9,17,22H,10-12H2,1H3. The third-order valence-electron chi connectivity index (χ3n) is 4.76. The molecule has 0 bridgehead atoms. The molecule has 4 rings (SSSR count). The number of hydrogen-bond donors (Lipinski definition) is 1. The maximum absolute atomic E-state index is 13.0. The van der Waals surface area contributed by atoms with Crippen LogP contribution in [0.5, 0.6) is 0 Å². The molecule has 1 N–H and O–H groups in total. The van der Waals surface area contributed by atoms with Crippen LogP contribution in [0.15, 0.2) is 53.1 Å². The van der Waals surface area contributed by atoms with Crippen molar-refractivity contribution in [3.8, 4) is 11.5 Å². The van der Waals surface area contributed by atoms with Crippen molar-refractivity contribution in [2.45, 2.75) is 6.04 Å². The normalized spacial score (nSPS) is 17.8. The van der Waals surface area contributed by atoms with Crippen molar-refractivity contribution < 1.29 is 9.32 Å². The molecule has 1 fully saturated rings. The maximum Gasteiger partial charge on any atom is 0.258 e. The van der Waals surface area contributed by atoms with E-state index in [9.17, 15) is 4.79 Å². The summed E-state index contributed by atoms with van der Waals surface area (Å²) in [4.78, 5) is 19.7. The molecule has 0 aliphatic carbocycles. The van der Waals surface area contributed by atoms with Crippen LogP contribution in [0.2, 0.25) is 5.02 Å². The minimum Gasteiger partial charge on any atom is -0.334 e. The van der Waals surface area contributed by atoms with Gasteiger partial charge in [-0.25, -0.2) is 0 Å². The van der Waals surface area contributed by atoms with Crippen LogP contribution in [-0.2, 0) is 0 Å². The highest BCUT2D eigenvalue weighted by Gasteiger charge is 2.26. The number of ketones is 1. The molecule has 138 valence electrons. The lowest BCUT2D eigenvalue weighted by Crippen LogP contribution is -2.44. The number of rotatable bonds is 4. The Labute approximate surface area is 162 Å². The predicted molar refractivity (Wildman–Crippen MR) is 103 cm³/mol. The van der Waals surface area contributed by atoms with E-state index in [1.807, 2.05) is 25.2 Å². The van der Waals surface area contributed by atoms with Crippen molar-refractivity contribution in [1.82, 2.24) is 20.4 Å². The van der Waals surface area contributed by atoms with E-state index in [-0.39, 0.29) is 11.8 Å². The first-order chi connectivity index (χ1) is 13.1. The maximum atomic E-state index is 13.0. The molecule has 1 aliphatic heterocycles. The van der Waals surface area contributed by atoms with Gasteiger partial charge in [0.25, 0.3) is 5.89 Å². The summed E-state index contributed by atoms with van der Waals surface area (Å²) in [6, 6.07) is 14.1. The fourth-order valence-corrected chi connectivity index (χ4v) is 3.32. The minimum atomic E-state index is -0.113. The lowest BCUT2D eigenvalue weighted by molar-refractivity contribution is 0.103. The van der Waals surface area contributed by atoms with Crippen LogP contribution in [0.4, 0.5) is 0 Å². The van der Waals surface area contributed by atoms with Crippen LogP contribution in [-0.4, -0.2) is 47.5 Å². The van der Waals surface area contributed by atoms with Crippen LogP contribution in [0.3, 0.4) is 0 Å². The Bertz CT molecular complexity index is 955. The van der Waals surface area contributed by atoms with Gasteiger partial charge in [0.05, 0.1) is 11.6 Å². The second kappa shape index (κ2) is 7.60. The number of aromatic nitrogens is 2. The van der Waals surface area contributed by atoms with Crippen LogP contribution in [0.1, 0.15) is 27.8 Å². The molecule has 1 atom stereocenters. The molecular weight excluding hydrogens is 364 g/mol. The van der Waals surface area contributed by atoms with E-state index in [1.165, 1.54) is 0 Å². The monoisotopic (exact) mass is 382 g/mol. The van der Waals surface area contributed by atoms with E-state index in [4.69, 9.17) is 16.1 Å². The number of nitrogens with zero attached hydrogens (tertiary/aromatic N) is 3. The molecule has 7 heteroatoms. The highest BCUT2D eigenvalue weighted by molar-refractivity contribution is 6.30. The molecule has 2 aromatic carbocycles. The van der Waals surface area contributed by atoms with Gasteiger partial charge in [0.2, 0.25) is 0 Å². The van der Waals surface area contributed by atoms with Gasteiger partial charge in [0.15, 0.2) is 11.6 Å². The van der Waals surface area contributed by atoms with Crippen molar-refractivity contribution in [3.63, 3.8) is 0 Å². The second-order valence-electron chi connectivity index (χ2n) is 6.54. The van der Waals surface area contributed by atoms with Gasteiger partial charge in [-0.05, 0) is 37.4 Å². The van der Waals surface area contributed by atoms with Crippen molar-refractivity contribution in [2.75, 3.05) is 26.7 Å². The molecule has 1 saturated heterocycles. The number of piperazine rings is 1. The molecule has 6 nitrogen and oxygen atoms in total. The summed E-state index contributed by atoms with van der Waals surface area (Å²) in [6.45, 7) is 2.62. The summed E-state index contributed by atoms with van der Waals surface area (Å²) in [7, 11) is 2.04. The summed E-state index contributed by atoms with van der Waals surface area (Å²) < 4.78 is 5.51. The van der Waals surface area contributed by atoms with Gasteiger partial charge < -0.3 is 9.84 Å². The topological polar surface area (TPSA) is 71.3 Å². The molecule has 0 spiro atoms. The van der Waals surface area contributed by atoms with Crippen molar-refractivity contribution in [2.24, 2.45) is 0 Å². The average Bonchev–Trinajstić information content (AvgIpc) is 3.18.